The summed E-state index contributed by atoms with van der Waals surface area (Å²) in [7, 11) is 0. The van der Waals surface area contributed by atoms with Crippen molar-refractivity contribution in [1.29, 1.82) is 5.26 Å². The molecular weight excluding hydrogens is 284 g/mol. The number of thioether (sulfide) groups is 1. The molecule has 0 aromatic carbocycles. The highest BCUT2D eigenvalue weighted by atomic mass is 35.5. The number of nitriles is 1. The molecule has 1 fully saturated rings. The van der Waals surface area contributed by atoms with Crippen LogP contribution in [0.15, 0.2) is 12.1 Å². The minimum atomic E-state index is -0.359. The molecule has 2 heterocycles. The maximum Gasteiger partial charge on any atom is 0.274 e. The molecule has 100 valence electrons. The van der Waals surface area contributed by atoms with Crippen LogP contribution in [0.1, 0.15) is 23.3 Å². The molecule has 1 aliphatic rings. The van der Waals surface area contributed by atoms with E-state index in [-0.39, 0.29) is 21.5 Å². The van der Waals surface area contributed by atoms with Gasteiger partial charge in [0, 0.05) is 13.1 Å². The van der Waals surface area contributed by atoms with E-state index in [1.165, 1.54) is 0 Å². The molecule has 1 saturated heterocycles. The average molecular weight is 297 g/mol. The van der Waals surface area contributed by atoms with E-state index in [1.54, 1.807) is 28.8 Å². The van der Waals surface area contributed by atoms with E-state index < -0.39 is 0 Å². The lowest BCUT2D eigenvalue weighted by molar-refractivity contribution is 0.0709. The number of piperidine rings is 1. The molecule has 19 heavy (non-hydrogen) atoms. The number of likely N-dealkylation sites (tertiary alicyclic amines) is 1. The van der Waals surface area contributed by atoms with Gasteiger partial charge in [0.1, 0.15) is 4.75 Å². The van der Waals surface area contributed by atoms with Crippen LogP contribution in [-0.2, 0) is 0 Å². The second kappa shape index (κ2) is 5.76. The van der Waals surface area contributed by atoms with Crippen molar-refractivity contribution in [2.24, 2.45) is 0 Å². The fraction of sp³-hybridized carbons (Fsp3) is 0.500. The first-order valence-corrected chi connectivity index (χ1v) is 7.45. The molecule has 1 aromatic rings. The highest BCUT2D eigenvalue weighted by Gasteiger charge is 2.35. The Kier molecular flexibility index (Phi) is 4.27. The Labute approximate surface area is 120 Å². The van der Waals surface area contributed by atoms with Crippen LogP contribution in [0, 0.1) is 11.3 Å². The van der Waals surface area contributed by atoms with Crippen molar-refractivity contribution >= 4 is 29.3 Å². The maximum absolute atomic E-state index is 12.2. The summed E-state index contributed by atoms with van der Waals surface area (Å²) in [5.74, 6) is -0.156. The number of carbonyl (C=O) groups is 1. The summed E-state index contributed by atoms with van der Waals surface area (Å²) in [4.78, 5) is 13.9. The predicted molar refractivity (Wildman–Crippen MR) is 74.0 cm³/mol. The summed E-state index contributed by atoms with van der Waals surface area (Å²) in [6.45, 7) is 1.13. The van der Waals surface area contributed by atoms with Crippen molar-refractivity contribution in [3.8, 4) is 6.07 Å². The third-order valence-electron chi connectivity index (χ3n) is 3.30. The number of nitrogens with zero attached hydrogens (tertiary/aromatic N) is 4. The Hall–Kier alpha value is -1.32. The second-order valence-corrected chi connectivity index (χ2v) is 5.92. The van der Waals surface area contributed by atoms with E-state index in [0.29, 0.717) is 25.9 Å². The summed E-state index contributed by atoms with van der Waals surface area (Å²) in [5, 5.41) is 16.9. The van der Waals surface area contributed by atoms with Gasteiger partial charge in [-0.3, -0.25) is 4.79 Å². The van der Waals surface area contributed by atoms with Gasteiger partial charge >= 0.3 is 0 Å². The molecule has 0 spiro atoms. The van der Waals surface area contributed by atoms with Crippen LogP contribution in [0.2, 0.25) is 5.15 Å². The molecule has 0 unspecified atom stereocenters. The van der Waals surface area contributed by atoms with E-state index in [2.05, 4.69) is 16.3 Å². The number of halogens is 1. The lowest BCUT2D eigenvalue weighted by Gasteiger charge is -2.35. The van der Waals surface area contributed by atoms with E-state index >= 15 is 0 Å². The van der Waals surface area contributed by atoms with Gasteiger partial charge in [-0.2, -0.15) is 5.26 Å². The van der Waals surface area contributed by atoms with Crippen LogP contribution < -0.4 is 0 Å². The highest BCUT2D eigenvalue weighted by molar-refractivity contribution is 8.00. The Morgan fingerprint density at radius 1 is 1.47 bits per heavy atom. The zero-order valence-corrected chi connectivity index (χ0v) is 12.0. The average Bonchev–Trinajstić information content (AvgIpc) is 2.47. The van der Waals surface area contributed by atoms with Gasteiger partial charge in [-0.1, -0.05) is 11.6 Å². The molecule has 0 saturated carbocycles. The van der Waals surface area contributed by atoms with Gasteiger partial charge in [-0.15, -0.1) is 22.0 Å². The first-order chi connectivity index (χ1) is 9.10. The van der Waals surface area contributed by atoms with E-state index in [0.717, 1.165) is 0 Å². The number of rotatable bonds is 2. The largest absolute Gasteiger partial charge is 0.337 e. The van der Waals surface area contributed by atoms with Gasteiger partial charge in [0.05, 0.1) is 6.07 Å². The number of carbonyl (C=O) groups excluding carboxylic acids is 1. The van der Waals surface area contributed by atoms with E-state index in [1.807, 2.05) is 6.26 Å². The maximum atomic E-state index is 12.2. The molecule has 0 radical (unpaired) electrons. The van der Waals surface area contributed by atoms with Crippen LogP contribution in [0.3, 0.4) is 0 Å². The number of hydrogen-bond donors (Lipinski definition) is 0. The van der Waals surface area contributed by atoms with Crippen LogP contribution in [0.5, 0.6) is 0 Å². The van der Waals surface area contributed by atoms with Crippen molar-refractivity contribution < 1.29 is 4.79 Å². The zero-order chi connectivity index (χ0) is 13.9. The molecule has 0 N–H and O–H groups in total. The van der Waals surface area contributed by atoms with E-state index in [4.69, 9.17) is 11.6 Å². The Balaban J connectivity index is 2.04. The molecule has 5 nitrogen and oxygen atoms in total. The van der Waals surface area contributed by atoms with Gasteiger partial charge in [0.15, 0.2) is 10.8 Å². The van der Waals surface area contributed by atoms with Gasteiger partial charge in [-0.25, -0.2) is 0 Å². The Morgan fingerprint density at radius 2 is 2.16 bits per heavy atom. The molecule has 1 aliphatic heterocycles. The van der Waals surface area contributed by atoms with Crippen LogP contribution in [0.25, 0.3) is 0 Å². The third kappa shape index (κ3) is 2.99. The second-order valence-electron chi connectivity index (χ2n) is 4.34. The first kappa shape index (κ1) is 14.1. The molecular formula is C12H13ClN4OS. The van der Waals surface area contributed by atoms with Crippen molar-refractivity contribution in [3.05, 3.63) is 23.0 Å². The van der Waals surface area contributed by atoms with Crippen LogP contribution in [0.4, 0.5) is 0 Å². The Morgan fingerprint density at radius 3 is 2.63 bits per heavy atom. The lowest BCUT2D eigenvalue weighted by atomic mass is 9.97. The topological polar surface area (TPSA) is 69.9 Å². The van der Waals surface area contributed by atoms with Crippen molar-refractivity contribution in [3.63, 3.8) is 0 Å². The van der Waals surface area contributed by atoms with Gasteiger partial charge < -0.3 is 4.90 Å². The monoisotopic (exact) mass is 296 g/mol. The molecule has 0 atom stereocenters. The summed E-state index contributed by atoms with van der Waals surface area (Å²) >= 11 is 7.20. The fourth-order valence-corrected chi connectivity index (χ4v) is 2.81. The quantitative estimate of drug-likeness (QED) is 0.835. The summed E-state index contributed by atoms with van der Waals surface area (Å²) in [6.07, 6.45) is 3.29. The minimum Gasteiger partial charge on any atom is -0.337 e. The Bertz CT molecular complexity index is 505. The van der Waals surface area contributed by atoms with E-state index in [9.17, 15) is 10.1 Å². The standard InChI is InChI=1S/C12H13ClN4OS/c1-19-12(8-14)4-6-17(7-5-12)11(18)9-2-3-10(13)16-15-9/h2-3H,4-7H2,1H3. The summed E-state index contributed by atoms with van der Waals surface area (Å²) in [5.41, 5.74) is 0.290. The van der Waals surface area contributed by atoms with Crippen molar-refractivity contribution in [2.75, 3.05) is 19.3 Å². The van der Waals surface area contributed by atoms with Crippen molar-refractivity contribution in [2.45, 2.75) is 17.6 Å². The fourth-order valence-electron chi connectivity index (χ4n) is 2.02. The molecule has 0 bridgehead atoms. The highest BCUT2D eigenvalue weighted by Crippen LogP contribution is 2.34. The molecule has 2 rings (SSSR count). The van der Waals surface area contributed by atoms with Gasteiger partial charge in [0.2, 0.25) is 0 Å². The van der Waals surface area contributed by atoms with Gasteiger partial charge in [-0.05, 0) is 31.2 Å². The molecule has 1 aromatic heterocycles. The lowest BCUT2D eigenvalue weighted by Crippen LogP contribution is -2.44. The summed E-state index contributed by atoms with van der Waals surface area (Å²) < 4.78 is -0.359. The molecule has 0 aliphatic carbocycles. The smallest absolute Gasteiger partial charge is 0.274 e. The number of hydrogen-bond acceptors (Lipinski definition) is 5. The number of amides is 1. The summed E-state index contributed by atoms with van der Waals surface area (Å²) in [6, 6.07) is 5.47. The zero-order valence-electron chi connectivity index (χ0n) is 10.5. The van der Waals surface area contributed by atoms with Crippen LogP contribution >= 0.6 is 23.4 Å². The normalized spacial score (nSPS) is 17.8. The number of aromatic nitrogens is 2. The molecule has 7 heteroatoms. The molecule has 1 amide bonds. The first-order valence-electron chi connectivity index (χ1n) is 5.85. The van der Waals surface area contributed by atoms with Gasteiger partial charge in [0.25, 0.3) is 5.91 Å². The SMILES string of the molecule is CSC1(C#N)CCN(C(=O)c2ccc(Cl)nn2)CC1. The predicted octanol–water partition coefficient (Wildman–Crippen LogP) is 1.99. The van der Waals surface area contributed by atoms with Crippen molar-refractivity contribution in [1.82, 2.24) is 15.1 Å². The minimum absolute atomic E-state index is 0.156. The van der Waals surface area contributed by atoms with Crippen LogP contribution in [-0.4, -0.2) is 45.1 Å². The third-order valence-corrected chi connectivity index (χ3v) is 4.79.